The van der Waals surface area contributed by atoms with Gasteiger partial charge in [0.1, 0.15) is 6.04 Å². The predicted octanol–water partition coefficient (Wildman–Crippen LogP) is 1.50. The Kier molecular flexibility index (Phi) is 7.00. The Bertz CT molecular complexity index is 806. The normalized spacial score (nSPS) is 12.0. The van der Waals surface area contributed by atoms with Crippen molar-refractivity contribution in [2.45, 2.75) is 31.8 Å². The highest BCUT2D eigenvalue weighted by Crippen LogP contribution is 2.06. The van der Waals surface area contributed by atoms with Crippen LogP contribution in [0.3, 0.4) is 0 Å². The molecule has 25 heavy (non-hydrogen) atoms. The monoisotopic (exact) mass is 363 g/mol. The molecular weight excluding hydrogens is 342 g/mol. The Morgan fingerprint density at radius 2 is 2.12 bits per heavy atom. The van der Waals surface area contributed by atoms with Gasteiger partial charge in [0.2, 0.25) is 5.91 Å². The molecule has 1 atom stereocenters. The Balaban J connectivity index is 1.89. The van der Waals surface area contributed by atoms with Crippen molar-refractivity contribution in [2.75, 3.05) is 12.0 Å². The van der Waals surface area contributed by atoms with Crippen molar-refractivity contribution in [2.24, 2.45) is 0 Å². The number of benzene rings is 1. The first-order valence-corrected chi connectivity index (χ1v) is 9.37. The lowest BCUT2D eigenvalue weighted by Gasteiger charge is -2.14. The molecule has 1 heterocycles. The fourth-order valence-electron chi connectivity index (χ4n) is 2.43. The lowest BCUT2D eigenvalue weighted by Crippen LogP contribution is -2.41. The van der Waals surface area contributed by atoms with Gasteiger partial charge < -0.3 is 10.4 Å². The molecule has 0 spiro atoms. The summed E-state index contributed by atoms with van der Waals surface area (Å²) in [5, 5.41) is 12.2. The van der Waals surface area contributed by atoms with Crippen molar-refractivity contribution in [3.8, 4) is 0 Å². The molecule has 1 aromatic carbocycles. The van der Waals surface area contributed by atoms with Crippen molar-refractivity contribution < 1.29 is 14.7 Å². The highest BCUT2D eigenvalue weighted by atomic mass is 32.2. The molecule has 134 valence electrons. The third-order valence-corrected chi connectivity index (χ3v) is 4.42. The zero-order valence-corrected chi connectivity index (χ0v) is 14.8. The van der Waals surface area contributed by atoms with E-state index < -0.39 is 12.0 Å². The standard InChI is InChI=1S/C17H21N3O4S/c1-25-10-8-14(17(23)24)19-15(21)7-4-9-20-11-18-13-6-3-2-5-12(13)16(20)22/h2-3,5-6,11,14H,4,7-10H2,1H3,(H,19,21)(H,23,24)/t14-/m0/s1. The number of fused-ring (bicyclic) bond motifs is 1. The summed E-state index contributed by atoms with van der Waals surface area (Å²) < 4.78 is 1.47. The zero-order valence-electron chi connectivity index (χ0n) is 14.0. The molecule has 0 bridgehead atoms. The minimum atomic E-state index is -1.03. The minimum Gasteiger partial charge on any atom is -0.480 e. The van der Waals surface area contributed by atoms with Gasteiger partial charge in [-0.15, -0.1) is 0 Å². The summed E-state index contributed by atoms with van der Waals surface area (Å²) in [6, 6.07) is 6.22. The number of rotatable bonds is 9. The van der Waals surface area contributed by atoms with Crippen LogP contribution < -0.4 is 10.9 Å². The lowest BCUT2D eigenvalue weighted by atomic mass is 10.2. The van der Waals surface area contributed by atoms with E-state index in [0.717, 1.165) is 0 Å². The van der Waals surface area contributed by atoms with Crippen molar-refractivity contribution in [1.29, 1.82) is 0 Å². The molecular formula is C17H21N3O4S. The molecule has 1 aromatic heterocycles. The maximum absolute atomic E-state index is 12.3. The molecule has 0 fully saturated rings. The first-order chi connectivity index (χ1) is 12.0. The number of nitrogens with zero attached hydrogens (tertiary/aromatic N) is 2. The number of aliphatic carboxylic acids is 1. The molecule has 0 saturated carbocycles. The topological polar surface area (TPSA) is 101 Å². The number of carbonyl (C=O) groups is 2. The van der Waals surface area contributed by atoms with E-state index in [-0.39, 0.29) is 17.9 Å². The van der Waals surface area contributed by atoms with E-state index in [1.165, 1.54) is 22.7 Å². The average Bonchev–Trinajstić information content (AvgIpc) is 2.60. The number of nitrogens with one attached hydrogen (secondary N) is 1. The molecule has 0 saturated heterocycles. The third kappa shape index (κ3) is 5.32. The van der Waals surface area contributed by atoms with Gasteiger partial charge in [0.05, 0.1) is 17.2 Å². The summed E-state index contributed by atoms with van der Waals surface area (Å²) in [6.45, 7) is 0.354. The second kappa shape index (κ2) is 9.22. The summed E-state index contributed by atoms with van der Waals surface area (Å²) in [5.74, 6) is -0.692. The molecule has 0 aliphatic rings. The van der Waals surface area contributed by atoms with Gasteiger partial charge in [-0.1, -0.05) is 12.1 Å². The van der Waals surface area contributed by atoms with Crippen LogP contribution in [0.25, 0.3) is 10.9 Å². The summed E-state index contributed by atoms with van der Waals surface area (Å²) >= 11 is 1.53. The largest absolute Gasteiger partial charge is 0.480 e. The van der Waals surface area contributed by atoms with Gasteiger partial charge in [0.25, 0.3) is 5.56 Å². The smallest absolute Gasteiger partial charge is 0.326 e. The van der Waals surface area contributed by atoms with Crippen molar-refractivity contribution in [3.05, 3.63) is 40.9 Å². The number of aryl methyl sites for hydroxylation is 1. The highest BCUT2D eigenvalue weighted by molar-refractivity contribution is 7.98. The van der Waals surface area contributed by atoms with Crippen LogP contribution in [0.5, 0.6) is 0 Å². The van der Waals surface area contributed by atoms with E-state index in [2.05, 4.69) is 10.3 Å². The van der Waals surface area contributed by atoms with Crippen LogP contribution in [-0.2, 0) is 16.1 Å². The molecule has 0 radical (unpaired) electrons. The molecule has 1 amide bonds. The predicted molar refractivity (Wildman–Crippen MR) is 97.8 cm³/mol. The maximum atomic E-state index is 12.3. The number of carbonyl (C=O) groups excluding carboxylic acids is 1. The number of para-hydroxylation sites is 1. The third-order valence-electron chi connectivity index (χ3n) is 3.78. The average molecular weight is 363 g/mol. The molecule has 2 rings (SSSR count). The molecule has 0 aliphatic carbocycles. The lowest BCUT2D eigenvalue weighted by molar-refractivity contribution is -0.141. The van der Waals surface area contributed by atoms with E-state index in [9.17, 15) is 14.4 Å². The van der Waals surface area contributed by atoms with Crippen LogP contribution >= 0.6 is 11.8 Å². The molecule has 0 unspecified atom stereocenters. The number of hydrogen-bond acceptors (Lipinski definition) is 5. The Morgan fingerprint density at radius 3 is 2.84 bits per heavy atom. The van der Waals surface area contributed by atoms with Gasteiger partial charge in [-0.3, -0.25) is 14.2 Å². The number of amides is 1. The summed E-state index contributed by atoms with van der Waals surface area (Å²) in [7, 11) is 0. The number of carboxylic acids is 1. The zero-order chi connectivity index (χ0) is 18.2. The summed E-state index contributed by atoms with van der Waals surface area (Å²) in [5.41, 5.74) is 0.494. The van der Waals surface area contributed by atoms with Crippen molar-refractivity contribution >= 4 is 34.5 Å². The first-order valence-electron chi connectivity index (χ1n) is 7.98. The number of aromatic nitrogens is 2. The highest BCUT2D eigenvalue weighted by Gasteiger charge is 2.19. The van der Waals surface area contributed by atoms with Crippen LogP contribution in [0.4, 0.5) is 0 Å². The molecule has 2 aromatic rings. The summed E-state index contributed by atoms with van der Waals surface area (Å²) in [6.07, 6.45) is 4.33. The second-order valence-electron chi connectivity index (χ2n) is 5.60. The van der Waals surface area contributed by atoms with Gasteiger partial charge in [-0.05, 0) is 37.0 Å². The SMILES string of the molecule is CSCC[C@H](NC(=O)CCCn1cnc2ccccc2c1=O)C(=O)O. The van der Waals surface area contributed by atoms with E-state index in [0.29, 0.717) is 36.0 Å². The minimum absolute atomic E-state index is 0.144. The van der Waals surface area contributed by atoms with E-state index in [1.54, 1.807) is 18.2 Å². The summed E-state index contributed by atoms with van der Waals surface area (Å²) in [4.78, 5) is 39.6. The number of carboxylic acid groups (broad SMARTS) is 1. The Labute approximate surface area is 149 Å². The fraction of sp³-hybridized carbons (Fsp3) is 0.412. The van der Waals surface area contributed by atoms with Crippen LogP contribution in [0.1, 0.15) is 19.3 Å². The fourth-order valence-corrected chi connectivity index (χ4v) is 2.91. The van der Waals surface area contributed by atoms with Gasteiger partial charge in [-0.25, -0.2) is 9.78 Å². The van der Waals surface area contributed by atoms with Crippen LogP contribution in [0.2, 0.25) is 0 Å². The van der Waals surface area contributed by atoms with Gasteiger partial charge in [-0.2, -0.15) is 11.8 Å². The van der Waals surface area contributed by atoms with Gasteiger partial charge in [0.15, 0.2) is 0 Å². The van der Waals surface area contributed by atoms with Gasteiger partial charge in [0, 0.05) is 13.0 Å². The Hall–Kier alpha value is -2.35. The van der Waals surface area contributed by atoms with Crippen LogP contribution in [-0.4, -0.2) is 44.6 Å². The van der Waals surface area contributed by atoms with Gasteiger partial charge >= 0.3 is 5.97 Å². The first kappa shape index (κ1) is 19.0. The molecule has 7 nitrogen and oxygen atoms in total. The van der Waals surface area contributed by atoms with Crippen molar-refractivity contribution in [1.82, 2.24) is 14.9 Å². The Morgan fingerprint density at radius 1 is 1.36 bits per heavy atom. The van der Waals surface area contributed by atoms with E-state index >= 15 is 0 Å². The molecule has 0 aliphatic heterocycles. The van der Waals surface area contributed by atoms with E-state index in [1.807, 2.05) is 12.3 Å². The van der Waals surface area contributed by atoms with Crippen LogP contribution in [0.15, 0.2) is 35.4 Å². The number of hydrogen-bond donors (Lipinski definition) is 2. The molecule has 2 N–H and O–H groups in total. The maximum Gasteiger partial charge on any atom is 0.326 e. The second-order valence-corrected chi connectivity index (χ2v) is 6.59. The molecule has 8 heteroatoms. The quantitative estimate of drug-likeness (QED) is 0.700. The number of thioether (sulfide) groups is 1. The van der Waals surface area contributed by atoms with Crippen molar-refractivity contribution in [3.63, 3.8) is 0 Å². The van der Waals surface area contributed by atoms with E-state index in [4.69, 9.17) is 5.11 Å². The van der Waals surface area contributed by atoms with Crippen LogP contribution in [0, 0.1) is 0 Å².